The van der Waals surface area contributed by atoms with E-state index in [1.54, 1.807) is 12.1 Å². The first-order valence-corrected chi connectivity index (χ1v) is 8.38. The minimum absolute atomic E-state index is 0.0623. The number of anilines is 1. The lowest BCUT2D eigenvalue weighted by Gasteiger charge is -2.10. The highest BCUT2D eigenvalue weighted by Gasteiger charge is 2.09. The van der Waals surface area contributed by atoms with E-state index in [2.05, 4.69) is 10.6 Å². The van der Waals surface area contributed by atoms with E-state index in [1.165, 1.54) is 19.2 Å². The summed E-state index contributed by atoms with van der Waals surface area (Å²) in [6.07, 6.45) is 0.0741. The summed E-state index contributed by atoms with van der Waals surface area (Å²) >= 11 is 0. The summed E-state index contributed by atoms with van der Waals surface area (Å²) in [6, 6.07) is 11.7. The average molecular weight is 358 g/mol. The van der Waals surface area contributed by atoms with Crippen LogP contribution in [0, 0.1) is 11.7 Å². The molecule has 2 N–H and O–H groups in total. The molecule has 0 heterocycles. The van der Waals surface area contributed by atoms with Gasteiger partial charge in [-0.15, -0.1) is 0 Å². The summed E-state index contributed by atoms with van der Waals surface area (Å²) in [7, 11) is 1.39. The molecule has 0 aliphatic heterocycles. The molecule has 2 aromatic carbocycles. The van der Waals surface area contributed by atoms with Crippen molar-refractivity contribution < 1.29 is 18.7 Å². The molecule has 2 rings (SSSR count). The molecule has 0 radical (unpaired) electrons. The van der Waals surface area contributed by atoms with Gasteiger partial charge in [0.25, 0.3) is 0 Å². The quantitative estimate of drug-likeness (QED) is 0.798. The van der Waals surface area contributed by atoms with Crippen LogP contribution in [0.15, 0.2) is 42.5 Å². The van der Waals surface area contributed by atoms with E-state index in [0.717, 1.165) is 5.56 Å². The maximum absolute atomic E-state index is 13.7. The van der Waals surface area contributed by atoms with Crippen LogP contribution >= 0.6 is 0 Å². The number of hydrogen-bond donors (Lipinski definition) is 2. The molecule has 6 heteroatoms. The Morgan fingerprint density at radius 2 is 1.88 bits per heavy atom. The van der Waals surface area contributed by atoms with Crippen molar-refractivity contribution in [3.63, 3.8) is 0 Å². The van der Waals surface area contributed by atoms with E-state index in [0.29, 0.717) is 17.8 Å². The summed E-state index contributed by atoms with van der Waals surface area (Å²) in [4.78, 5) is 23.8. The maximum Gasteiger partial charge on any atom is 0.226 e. The van der Waals surface area contributed by atoms with Gasteiger partial charge in [-0.3, -0.25) is 9.59 Å². The van der Waals surface area contributed by atoms with Gasteiger partial charge in [0, 0.05) is 18.2 Å². The van der Waals surface area contributed by atoms with Crippen LogP contribution in [0.25, 0.3) is 0 Å². The fourth-order valence-corrected chi connectivity index (χ4v) is 2.31. The van der Waals surface area contributed by atoms with Crippen molar-refractivity contribution >= 4 is 17.5 Å². The van der Waals surface area contributed by atoms with Crippen LogP contribution in [0.3, 0.4) is 0 Å². The van der Waals surface area contributed by atoms with Crippen LogP contribution in [0.4, 0.5) is 10.1 Å². The van der Waals surface area contributed by atoms with Crippen molar-refractivity contribution in [2.75, 3.05) is 12.4 Å². The van der Waals surface area contributed by atoms with Gasteiger partial charge >= 0.3 is 0 Å². The number of hydrogen-bond acceptors (Lipinski definition) is 3. The molecule has 2 aromatic rings. The number of methoxy groups -OCH3 is 1. The van der Waals surface area contributed by atoms with Gasteiger partial charge in [0.15, 0.2) is 11.6 Å². The van der Waals surface area contributed by atoms with Gasteiger partial charge < -0.3 is 15.4 Å². The standard InChI is InChI=1S/C20H23FN2O3/c1-13(2)20(25)23-16-6-4-5-15(9-16)12-22-19(24)11-14-7-8-18(26-3)17(21)10-14/h4-10,13H,11-12H2,1-3H3,(H,22,24)(H,23,25). The number of carbonyl (C=O) groups is 2. The predicted molar refractivity (Wildman–Crippen MR) is 98.4 cm³/mol. The smallest absolute Gasteiger partial charge is 0.226 e. The van der Waals surface area contributed by atoms with Crippen molar-refractivity contribution in [3.05, 3.63) is 59.4 Å². The van der Waals surface area contributed by atoms with Gasteiger partial charge in [-0.2, -0.15) is 0 Å². The first-order valence-electron chi connectivity index (χ1n) is 8.38. The van der Waals surface area contributed by atoms with Crippen molar-refractivity contribution in [2.45, 2.75) is 26.8 Å². The second-order valence-corrected chi connectivity index (χ2v) is 6.27. The highest BCUT2D eigenvalue weighted by atomic mass is 19.1. The molecule has 138 valence electrons. The summed E-state index contributed by atoms with van der Waals surface area (Å²) < 4.78 is 18.5. The van der Waals surface area contributed by atoms with Crippen molar-refractivity contribution in [1.29, 1.82) is 0 Å². The third-order valence-corrected chi connectivity index (χ3v) is 3.79. The number of nitrogens with one attached hydrogen (secondary N) is 2. The molecule has 0 unspecified atom stereocenters. The van der Waals surface area contributed by atoms with E-state index in [-0.39, 0.29) is 29.9 Å². The molecule has 0 aliphatic carbocycles. The lowest BCUT2D eigenvalue weighted by molar-refractivity contribution is -0.120. The van der Waals surface area contributed by atoms with Crippen LogP contribution in [0.2, 0.25) is 0 Å². The molecular weight excluding hydrogens is 335 g/mol. The van der Waals surface area contributed by atoms with Gasteiger partial charge in [-0.1, -0.05) is 32.0 Å². The summed E-state index contributed by atoms with van der Waals surface area (Å²) in [6.45, 7) is 3.96. The zero-order valence-electron chi connectivity index (χ0n) is 15.1. The van der Waals surface area contributed by atoms with Crippen molar-refractivity contribution in [1.82, 2.24) is 5.32 Å². The molecule has 0 saturated heterocycles. The molecule has 0 atom stereocenters. The van der Waals surface area contributed by atoms with Gasteiger partial charge in [0.1, 0.15) is 0 Å². The topological polar surface area (TPSA) is 67.4 Å². The lowest BCUT2D eigenvalue weighted by atomic mass is 10.1. The zero-order chi connectivity index (χ0) is 19.1. The molecule has 0 saturated carbocycles. The predicted octanol–water partition coefficient (Wildman–Crippen LogP) is 3.29. The molecule has 2 amide bonds. The largest absolute Gasteiger partial charge is 0.494 e. The van der Waals surface area contributed by atoms with Crippen LogP contribution in [0.1, 0.15) is 25.0 Å². The van der Waals surface area contributed by atoms with Crippen LogP contribution in [-0.2, 0) is 22.6 Å². The second-order valence-electron chi connectivity index (χ2n) is 6.27. The normalized spacial score (nSPS) is 10.5. The number of halogens is 1. The van der Waals surface area contributed by atoms with Crippen LogP contribution in [0.5, 0.6) is 5.75 Å². The van der Waals surface area contributed by atoms with E-state index >= 15 is 0 Å². The molecule has 0 aliphatic rings. The molecule has 5 nitrogen and oxygen atoms in total. The average Bonchev–Trinajstić information content (AvgIpc) is 2.60. The molecule has 0 fully saturated rings. The number of carbonyl (C=O) groups excluding carboxylic acids is 2. The van der Waals surface area contributed by atoms with E-state index in [1.807, 2.05) is 32.0 Å². The monoisotopic (exact) mass is 358 g/mol. The number of benzene rings is 2. The minimum atomic E-state index is -0.494. The fourth-order valence-electron chi connectivity index (χ4n) is 2.31. The van der Waals surface area contributed by atoms with E-state index in [4.69, 9.17) is 4.74 Å². The van der Waals surface area contributed by atoms with Gasteiger partial charge in [-0.05, 0) is 35.4 Å². The molecule has 0 aromatic heterocycles. The highest BCUT2D eigenvalue weighted by Crippen LogP contribution is 2.18. The Balaban J connectivity index is 1.91. The molecule has 0 bridgehead atoms. The Hall–Kier alpha value is -2.89. The first-order chi connectivity index (χ1) is 12.4. The third kappa shape index (κ3) is 5.58. The Bertz CT molecular complexity index is 790. The van der Waals surface area contributed by atoms with Gasteiger partial charge in [-0.25, -0.2) is 4.39 Å². The Morgan fingerprint density at radius 3 is 2.54 bits per heavy atom. The summed E-state index contributed by atoms with van der Waals surface area (Å²) in [5.41, 5.74) is 2.12. The van der Waals surface area contributed by atoms with Gasteiger partial charge in [0.2, 0.25) is 11.8 Å². The number of amides is 2. The Labute approximate surface area is 152 Å². The second kappa shape index (κ2) is 8.99. The first kappa shape index (κ1) is 19.4. The fraction of sp³-hybridized carbons (Fsp3) is 0.300. The summed E-state index contributed by atoms with van der Waals surface area (Å²) in [5, 5.41) is 5.61. The van der Waals surface area contributed by atoms with Crippen LogP contribution in [-0.4, -0.2) is 18.9 Å². The van der Waals surface area contributed by atoms with Gasteiger partial charge in [0.05, 0.1) is 13.5 Å². The Morgan fingerprint density at radius 1 is 1.12 bits per heavy atom. The van der Waals surface area contributed by atoms with Crippen molar-refractivity contribution in [3.8, 4) is 5.75 Å². The van der Waals surface area contributed by atoms with E-state index < -0.39 is 5.82 Å². The lowest BCUT2D eigenvalue weighted by Crippen LogP contribution is -2.24. The molecule has 26 heavy (non-hydrogen) atoms. The minimum Gasteiger partial charge on any atom is -0.494 e. The third-order valence-electron chi connectivity index (χ3n) is 3.79. The van der Waals surface area contributed by atoms with Crippen molar-refractivity contribution in [2.24, 2.45) is 5.92 Å². The SMILES string of the molecule is COc1ccc(CC(=O)NCc2cccc(NC(=O)C(C)C)c2)cc1F. The molecular formula is C20H23FN2O3. The Kier molecular flexibility index (Phi) is 6.72. The van der Waals surface area contributed by atoms with Crippen LogP contribution < -0.4 is 15.4 Å². The number of rotatable bonds is 7. The summed E-state index contributed by atoms with van der Waals surface area (Å²) in [5.74, 6) is -0.733. The van der Waals surface area contributed by atoms with E-state index in [9.17, 15) is 14.0 Å². The molecule has 0 spiro atoms. The maximum atomic E-state index is 13.7. The zero-order valence-corrected chi connectivity index (χ0v) is 15.1. The highest BCUT2D eigenvalue weighted by molar-refractivity contribution is 5.92. The number of ether oxygens (including phenoxy) is 1.